The first-order chi connectivity index (χ1) is 6.69. The summed E-state index contributed by atoms with van der Waals surface area (Å²) in [5.41, 5.74) is -2.37. The molecule has 86 valence electrons. The van der Waals surface area contributed by atoms with Gasteiger partial charge in [-0.05, 0) is 25.7 Å². The lowest BCUT2D eigenvalue weighted by Gasteiger charge is -2.33. The van der Waals surface area contributed by atoms with E-state index >= 15 is 0 Å². The molecular formula is C9H13ClO4S. The van der Waals surface area contributed by atoms with E-state index in [1.807, 2.05) is 0 Å². The van der Waals surface area contributed by atoms with Gasteiger partial charge in [0, 0.05) is 17.1 Å². The minimum Gasteiger partial charge on any atom is -0.389 e. The van der Waals surface area contributed by atoms with Crippen molar-refractivity contribution < 1.29 is 18.3 Å². The summed E-state index contributed by atoms with van der Waals surface area (Å²) in [7, 11) is 1.44. The highest BCUT2D eigenvalue weighted by Gasteiger charge is 2.67. The fourth-order valence-electron chi connectivity index (χ4n) is 3.08. The first-order valence-electron chi connectivity index (χ1n) is 4.87. The average Bonchev–Trinajstić information content (AvgIpc) is 2.34. The Bertz CT molecular complexity index is 414. The van der Waals surface area contributed by atoms with Crippen molar-refractivity contribution in [3.63, 3.8) is 0 Å². The van der Waals surface area contributed by atoms with Crippen LogP contribution in [0.25, 0.3) is 0 Å². The smallest absolute Gasteiger partial charge is 0.233 e. The lowest BCUT2D eigenvalue weighted by atomic mass is 9.78. The van der Waals surface area contributed by atoms with Crippen molar-refractivity contribution in [3.05, 3.63) is 0 Å². The largest absolute Gasteiger partial charge is 0.389 e. The van der Waals surface area contributed by atoms with Crippen molar-refractivity contribution >= 4 is 25.5 Å². The molecule has 0 heterocycles. The van der Waals surface area contributed by atoms with Crippen molar-refractivity contribution in [2.24, 2.45) is 11.3 Å². The molecule has 0 aromatic heterocycles. The van der Waals surface area contributed by atoms with E-state index in [4.69, 9.17) is 10.7 Å². The molecule has 3 atom stereocenters. The predicted molar refractivity (Wildman–Crippen MR) is 55.0 cm³/mol. The number of fused-ring (bicyclic) bond motifs is 2. The molecule has 2 aliphatic rings. The molecule has 4 nitrogen and oxygen atoms in total. The summed E-state index contributed by atoms with van der Waals surface area (Å²) >= 11 is 0. The maximum Gasteiger partial charge on any atom is 0.233 e. The van der Waals surface area contributed by atoms with Crippen LogP contribution in [0.2, 0.25) is 0 Å². The quantitative estimate of drug-likeness (QED) is 0.734. The van der Waals surface area contributed by atoms with Crippen LogP contribution in [0.5, 0.6) is 0 Å². The van der Waals surface area contributed by atoms with Crippen LogP contribution in [0.3, 0.4) is 0 Å². The number of Topliss-reactive ketones (excluding diaryl/α,β-unsaturated/α-hetero) is 1. The molecule has 15 heavy (non-hydrogen) atoms. The second-order valence-corrected chi connectivity index (χ2v) is 7.55. The molecule has 0 aromatic carbocycles. The van der Waals surface area contributed by atoms with Crippen LogP contribution in [-0.4, -0.2) is 30.7 Å². The highest BCUT2D eigenvalue weighted by molar-refractivity contribution is 8.13. The van der Waals surface area contributed by atoms with Gasteiger partial charge in [-0.1, -0.05) is 0 Å². The molecule has 1 unspecified atom stereocenters. The van der Waals surface area contributed by atoms with E-state index in [1.165, 1.54) is 0 Å². The van der Waals surface area contributed by atoms with E-state index in [9.17, 15) is 18.3 Å². The summed E-state index contributed by atoms with van der Waals surface area (Å²) in [5.74, 6) is -0.708. The second-order valence-electron chi connectivity index (χ2n) is 4.78. The number of hydrogen-bond acceptors (Lipinski definition) is 4. The zero-order valence-corrected chi connectivity index (χ0v) is 9.94. The Morgan fingerprint density at radius 3 is 2.53 bits per heavy atom. The van der Waals surface area contributed by atoms with Crippen molar-refractivity contribution in [1.82, 2.24) is 0 Å². The van der Waals surface area contributed by atoms with Gasteiger partial charge in [0.25, 0.3) is 0 Å². The van der Waals surface area contributed by atoms with E-state index in [0.717, 1.165) is 0 Å². The molecule has 0 aliphatic heterocycles. The van der Waals surface area contributed by atoms with E-state index in [1.54, 1.807) is 6.92 Å². The number of carbonyl (C=O) groups excluding carboxylic acids is 1. The van der Waals surface area contributed by atoms with Gasteiger partial charge in [0.1, 0.15) is 5.78 Å². The summed E-state index contributed by atoms with van der Waals surface area (Å²) in [5, 5.41) is 10.2. The molecule has 2 aliphatic carbocycles. The monoisotopic (exact) mass is 252 g/mol. The second kappa shape index (κ2) is 2.96. The van der Waals surface area contributed by atoms with Gasteiger partial charge in [-0.3, -0.25) is 4.79 Å². The first kappa shape index (κ1) is 11.4. The summed E-state index contributed by atoms with van der Waals surface area (Å²) in [6, 6.07) is 0. The third-order valence-corrected chi connectivity index (χ3v) is 5.23. The van der Waals surface area contributed by atoms with Gasteiger partial charge in [0.05, 0.1) is 16.8 Å². The lowest BCUT2D eigenvalue weighted by molar-refractivity contribution is -0.131. The van der Waals surface area contributed by atoms with E-state index in [0.29, 0.717) is 12.8 Å². The molecule has 2 fully saturated rings. The van der Waals surface area contributed by atoms with Gasteiger partial charge in [-0.2, -0.15) is 0 Å². The standard InChI is InChI=1S/C9H13ClO4S/c1-8(12)6-2-3-9(8,7(11)4-6)5-15(10,13)14/h6,12H,2-5H2,1H3/t6-,8?,9-/m1/s1. The summed E-state index contributed by atoms with van der Waals surface area (Å²) < 4.78 is 22.2. The Morgan fingerprint density at radius 1 is 1.60 bits per heavy atom. The Kier molecular flexibility index (Phi) is 2.24. The minimum atomic E-state index is -3.76. The zero-order valence-electron chi connectivity index (χ0n) is 8.36. The summed E-state index contributed by atoms with van der Waals surface area (Å²) in [6.07, 6.45) is 1.40. The van der Waals surface area contributed by atoms with Crippen LogP contribution in [0.4, 0.5) is 0 Å². The Labute approximate surface area is 93.0 Å². The van der Waals surface area contributed by atoms with Crippen molar-refractivity contribution in [3.8, 4) is 0 Å². The van der Waals surface area contributed by atoms with Crippen LogP contribution in [-0.2, 0) is 13.8 Å². The average molecular weight is 253 g/mol. The van der Waals surface area contributed by atoms with Gasteiger partial charge in [-0.15, -0.1) is 0 Å². The zero-order chi connectivity index (χ0) is 11.5. The Hall–Kier alpha value is -0.130. The van der Waals surface area contributed by atoms with Gasteiger partial charge >= 0.3 is 0 Å². The van der Waals surface area contributed by atoms with Crippen LogP contribution in [0, 0.1) is 11.3 Å². The Balaban J connectivity index is 2.45. The number of ketones is 1. The fourth-order valence-corrected chi connectivity index (χ4v) is 4.83. The lowest BCUT2D eigenvalue weighted by Crippen LogP contribution is -2.47. The summed E-state index contributed by atoms with van der Waals surface area (Å²) in [6.45, 7) is 1.55. The topological polar surface area (TPSA) is 71.4 Å². The number of carbonyl (C=O) groups is 1. The third-order valence-electron chi connectivity index (χ3n) is 4.07. The highest BCUT2D eigenvalue weighted by atomic mass is 35.7. The van der Waals surface area contributed by atoms with Crippen molar-refractivity contribution in [2.45, 2.75) is 31.8 Å². The molecule has 0 radical (unpaired) electrons. The molecule has 0 spiro atoms. The third kappa shape index (κ3) is 1.44. The molecule has 0 amide bonds. The van der Waals surface area contributed by atoms with E-state index in [-0.39, 0.29) is 18.1 Å². The highest BCUT2D eigenvalue weighted by Crippen LogP contribution is 2.59. The molecule has 6 heteroatoms. The van der Waals surface area contributed by atoms with E-state index in [2.05, 4.69) is 0 Å². The molecule has 0 saturated heterocycles. The first-order valence-corrected chi connectivity index (χ1v) is 7.35. The van der Waals surface area contributed by atoms with E-state index < -0.39 is 25.8 Å². The molecular weight excluding hydrogens is 240 g/mol. The van der Waals surface area contributed by atoms with Gasteiger partial charge in [-0.25, -0.2) is 8.42 Å². The van der Waals surface area contributed by atoms with Gasteiger partial charge < -0.3 is 5.11 Å². The normalized spacial score (nSPS) is 45.0. The number of halogens is 1. The number of hydrogen-bond donors (Lipinski definition) is 1. The predicted octanol–water partition coefficient (Wildman–Crippen LogP) is 0.675. The van der Waals surface area contributed by atoms with Crippen LogP contribution in [0.1, 0.15) is 26.2 Å². The van der Waals surface area contributed by atoms with Crippen LogP contribution < -0.4 is 0 Å². The SMILES string of the molecule is CC1(O)[C@@H]2CC[C@@]1(CS(=O)(=O)Cl)C(=O)C2. The van der Waals surface area contributed by atoms with Crippen LogP contribution in [0.15, 0.2) is 0 Å². The molecule has 2 saturated carbocycles. The molecule has 0 aromatic rings. The maximum absolute atomic E-state index is 11.8. The molecule has 1 N–H and O–H groups in total. The molecule has 2 bridgehead atoms. The molecule has 2 rings (SSSR count). The van der Waals surface area contributed by atoms with Gasteiger partial charge in [0.15, 0.2) is 0 Å². The van der Waals surface area contributed by atoms with Gasteiger partial charge in [0.2, 0.25) is 9.05 Å². The minimum absolute atomic E-state index is 0.108. The number of rotatable bonds is 2. The van der Waals surface area contributed by atoms with Crippen LogP contribution >= 0.6 is 10.7 Å². The number of aliphatic hydroxyl groups is 1. The Morgan fingerprint density at radius 2 is 2.20 bits per heavy atom. The fraction of sp³-hybridized carbons (Fsp3) is 0.889. The van der Waals surface area contributed by atoms with Crippen molar-refractivity contribution in [2.75, 3.05) is 5.75 Å². The van der Waals surface area contributed by atoms with Crippen molar-refractivity contribution in [1.29, 1.82) is 0 Å². The maximum atomic E-state index is 11.8. The summed E-state index contributed by atoms with van der Waals surface area (Å²) in [4.78, 5) is 11.8.